The van der Waals surface area contributed by atoms with Crippen LogP contribution in [0.4, 0.5) is 23.2 Å². The highest BCUT2D eigenvalue weighted by Gasteiger charge is 2.50. The number of carbonyl (C=O) groups is 3. The summed E-state index contributed by atoms with van der Waals surface area (Å²) in [6, 6.07) is -1.30. The quantitative estimate of drug-likeness (QED) is 0.113. The van der Waals surface area contributed by atoms with Gasteiger partial charge < -0.3 is 64.4 Å². The van der Waals surface area contributed by atoms with Crippen molar-refractivity contribution in [1.82, 2.24) is 10.2 Å². The zero-order valence-corrected chi connectivity index (χ0v) is 34.4. The summed E-state index contributed by atoms with van der Waals surface area (Å²) in [4.78, 5) is 43.5. The molecule has 324 valence electrons. The number of hydrogen-bond donors (Lipinski definition) is 7. The fourth-order valence-electron chi connectivity index (χ4n) is 4.82. The van der Waals surface area contributed by atoms with E-state index in [4.69, 9.17) is 28.8 Å². The van der Waals surface area contributed by atoms with Gasteiger partial charge in [0.1, 0.15) is 83.7 Å². The number of amides is 1. The fourth-order valence-corrected chi connectivity index (χ4v) is 7.23. The minimum Gasteiger partial charge on any atom is -0.443 e. The Labute approximate surface area is 332 Å². The zero-order chi connectivity index (χ0) is 42.8. The van der Waals surface area contributed by atoms with Crippen molar-refractivity contribution in [2.75, 3.05) is 39.7 Å². The molecule has 0 spiro atoms. The van der Waals surface area contributed by atoms with Crippen molar-refractivity contribution >= 4 is 52.3 Å². The summed E-state index contributed by atoms with van der Waals surface area (Å²) in [5.41, 5.74) is -3.25. The summed E-state index contributed by atoms with van der Waals surface area (Å²) >= 11 is 2.25. The van der Waals surface area contributed by atoms with Crippen LogP contribution in [0, 0.1) is 0 Å². The summed E-state index contributed by atoms with van der Waals surface area (Å²) in [5.74, 6) is 0. The van der Waals surface area contributed by atoms with Crippen LogP contribution in [0.15, 0.2) is 9.98 Å². The Morgan fingerprint density at radius 2 is 1.27 bits per heavy atom. The molecule has 0 aromatic carbocycles. The summed E-state index contributed by atoms with van der Waals surface area (Å²) in [5, 5.41) is 61.3. The molecule has 0 unspecified atom stereocenters. The molecule has 0 saturated carbocycles. The molecule has 3 fully saturated rings. The van der Waals surface area contributed by atoms with E-state index in [9.17, 15) is 48.7 Å². The van der Waals surface area contributed by atoms with Crippen LogP contribution in [-0.4, -0.2) is 180 Å². The maximum atomic E-state index is 12.8. The molecule has 56 heavy (non-hydrogen) atoms. The van der Waals surface area contributed by atoms with Gasteiger partial charge in [0.25, 0.3) is 0 Å². The summed E-state index contributed by atoms with van der Waals surface area (Å²) in [7, 11) is 0. The van der Waals surface area contributed by atoms with Crippen molar-refractivity contribution in [1.29, 1.82) is 0 Å². The lowest BCUT2D eigenvalue weighted by Crippen LogP contribution is -2.59. The number of fused-ring (bicyclic) bond motifs is 2. The number of ether oxygens (including phenoxy) is 6. The van der Waals surface area contributed by atoms with Crippen LogP contribution >= 0.6 is 23.5 Å². The van der Waals surface area contributed by atoms with Gasteiger partial charge in [0, 0.05) is 0 Å². The van der Waals surface area contributed by atoms with Gasteiger partial charge in [-0.05, 0) is 62.3 Å². The van der Waals surface area contributed by atoms with Crippen LogP contribution < -0.4 is 5.32 Å². The molecule has 4 heterocycles. The number of nitrogens with zero attached hydrogens (tertiary/aromatic N) is 3. The van der Waals surface area contributed by atoms with Crippen LogP contribution in [0.1, 0.15) is 62.3 Å². The Morgan fingerprint density at radius 1 is 0.768 bits per heavy atom. The first-order valence-electron chi connectivity index (χ1n) is 17.6. The maximum Gasteiger partial charge on any atom is 0.519 e. The second-order valence-electron chi connectivity index (χ2n) is 15.4. The second-order valence-corrected chi connectivity index (χ2v) is 17.6. The molecule has 23 heteroatoms. The van der Waals surface area contributed by atoms with E-state index in [2.05, 4.69) is 20.0 Å². The lowest BCUT2D eigenvalue weighted by Gasteiger charge is -2.38. The van der Waals surface area contributed by atoms with Gasteiger partial charge in [0.15, 0.2) is 10.3 Å². The van der Waals surface area contributed by atoms with E-state index in [0.717, 1.165) is 16.7 Å². The van der Waals surface area contributed by atoms with E-state index in [1.807, 2.05) is 0 Å². The number of carbonyl (C=O) groups excluding carboxylic acids is 3. The van der Waals surface area contributed by atoms with Gasteiger partial charge >= 0.3 is 18.4 Å². The van der Waals surface area contributed by atoms with Gasteiger partial charge in [-0.1, -0.05) is 23.5 Å². The van der Waals surface area contributed by atoms with Gasteiger partial charge in [-0.2, -0.15) is 0 Å². The van der Waals surface area contributed by atoms with Crippen LogP contribution in [0.2, 0.25) is 0 Å². The number of halogens is 2. The van der Waals surface area contributed by atoms with Gasteiger partial charge in [-0.3, -0.25) is 14.9 Å². The molecular weight excluding hydrogens is 795 g/mol. The highest BCUT2D eigenvalue weighted by molar-refractivity contribution is 8.14. The monoisotopic (exact) mass is 850 g/mol. The van der Waals surface area contributed by atoms with Crippen LogP contribution in [0.25, 0.3) is 0 Å². The minimum absolute atomic E-state index is 0.0524. The summed E-state index contributed by atoms with van der Waals surface area (Å²) in [6.07, 6.45) is -9.35. The molecule has 0 aliphatic carbocycles. The first-order valence-corrected chi connectivity index (χ1v) is 19.3. The highest BCUT2D eigenvalue weighted by atomic mass is 32.2. The lowest BCUT2D eigenvalue weighted by molar-refractivity contribution is -0.167. The van der Waals surface area contributed by atoms with E-state index in [1.165, 1.54) is 11.8 Å². The van der Waals surface area contributed by atoms with Crippen molar-refractivity contribution in [2.24, 2.45) is 9.98 Å². The molecule has 7 N–H and O–H groups in total. The molecule has 0 aromatic heterocycles. The van der Waals surface area contributed by atoms with Crippen molar-refractivity contribution in [3.63, 3.8) is 0 Å². The molecule has 4 rings (SSSR count). The standard InChI is InChI=1S/C14H23FN2O6S.C10H18O5.C9H15FN2O4S/c1-14(2,3)23-13(21)17(5-4-15)12-16-8-10(20)9(19)7(6-18)22-11(8)24-12;1-9(2,3)14-7(11)13-8(12)15-10(4,5)6;10-1-2-11-9-12-5-7(15)6(14)4(3-13)16-8(5)17-9/h7-11,18-20H,4-6H2,1-3H3;1-6H3;4-8,13-15H,1-3H2,(H,11,12)/t7-,8-,9-,10-,11-;;4-,5-,6-,7-,8-/m1.1/s1. The normalized spacial score (nSPS) is 30.5. The number of aliphatic hydroxyl groups is 6. The molecule has 10 atom stereocenters. The van der Waals surface area contributed by atoms with E-state index in [-0.39, 0.29) is 24.9 Å². The molecule has 0 aromatic rings. The number of aliphatic imine (C=N–C) groups is 2. The third-order valence-corrected chi connectivity index (χ3v) is 9.43. The Kier molecular flexibility index (Phi) is 18.9. The predicted octanol–water partition coefficient (Wildman–Crippen LogP) is 1.43. The summed E-state index contributed by atoms with van der Waals surface area (Å²) < 4.78 is 54.8. The first kappa shape index (κ1) is 49.5. The van der Waals surface area contributed by atoms with E-state index in [1.54, 1.807) is 62.3 Å². The largest absolute Gasteiger partial charge is 0.519 e. The molecule has 3 saturated heterocycles. The molecule has 4 aliphatic rings. The fraction of sp³-hybridized carbons (Fsp3) is 0.848. The lowest BCUT2D eigenvalue weighted by atomic mass is 9.98. The van der Waals surface area contributed by atoms with Crippen LogP contribution in [0.5, 0.6) is 0 Å². The first-order chi connectivity index (χ1) is 25.8. The average Bonchev–Trinajstić information content (AvgIpc) is 3.68. The number of thioether (sulfide) groups is 2. The smallest absolute Gasteiger partial charge is 0.443 e. The number of rotatable bonds is 6. The second kappa shape index (κ2) is 21.4. The van der Waals surface area contributed by atoms with Crippen LogP contribution in [0.3, 0.4) is 0 Å². The molecule has 0 bridgehead atoms. The van der Waals surface area contributed by atoms with Gasteiger partial charge in [0.05, 0.1) is 32.3 Å². The third-order valence-electron chi connectivity index (χ3n) is 7.17. The predicted molar refractivity (Wildman–Crippen MR) is 200 cm³/mol. The number of nitrogens with one attached hydrogen (secondary N) is 1. The topological polar surface area (TPSA) is 268 Å². The molecule has 4 aliphatic heterocycles. The van der Waals surface area contributed by atoms with Crippen molar-refractivity contribution in [3.8, 4) is 0 Å². The third kappa shape index (κ3) is 15.6. The Bertz CT molecular complexity index is 1340. The number of amidine groups is 2. The van der Waals surface area contributed by atoms with E-state index in [0.29, 0.717) is 5.17 Å². The van der Waals surface area contributed by atoms with Gasteiger partial charge in [-0.25, -0.2) is 23.2 Å². The Morgan fingerprint density at radius 3 is 1.73 bits per heavy atom. The highest BCUT2D eigenvalue weighted by Crippen LogP contribution is 2.38. The van der Waals surface area contributed by atoms with Gasteiger partial charge in [-0.15, -0.1) is 0 Å². The van der Waals surface area contributed by atoms with Crippen molar-refractivity contribution in [3.05, 3.63) is 0 Å². The number of alkyl halides is 2. The molecule has 19 nitrogen and oxygen atoms in total. The van der Waals surface area contributed by atoms with Crippen LogP contribution in [-0.2, 0) is 28.4 Å². The average molecular weight is 851 g/mol. The number of hydrogen-bond acceptors (Lipinski definition) is 19. The summed E-state index contributed by atoms with van der Waals surface area (Å²) in [6.45, 7) is 12.7. The Hall–Kier alpha value is -2.61. The zero-order valence-electron chi connectivity index (χ0n) is 32.8. The van der Waals surface area contributed by atoms with E-state index < -0.39 is 115 Å². The molecular formula is C33H56F2N4O15S2. The molecule has 1 amide bonds. The minimum atomic E-state index is -1.30. The SMILES string of the molecule is CC(C)(C)OC(=O)N(CCF)C1=N[C@@H]2[C@@H](O)[C@H](O)[C@@H](CO)O[C@@H]2S1.CC(C)(C)OC(=O)OC(=O)OC(C)(C)C.OC[C@H]1O[C@@H]2SC(=NCCF)N[C@@H]2[C@@H](O)[C@@H]1O. The molecule has 0 radical (unpaired) electrons. The van der Waals surface area contributed by atoms with Crippen molar-refractivity contribution < 1.29 is 82.2 Å². The van der Waals surface area contributed by atoms with Gasteiger partial charge in [0.2, 0.25) is 0 Å². The maximum absolute atomic E-state index is 12.8. The van der Waals surface area contributed by atoms with Crippen molar-refractivity contribution in [2.45, 2.75) is 139 Å². The van der Waals surface area contributed by atoms with E-state index >= 15 is 0 Å². The Balaban J connectivity index is 0.000000301. The number of aliphatic hydroxyl groups excluding tert-OH is 6.